The summed E-state index contributed by atoms with van der Waals surface area (Å²) in [7, 11) is 0. The minimum atomic E-state index is -0.0609. The van der Waals surface area contributed by atoms with Crippen LogP contribution in [0.15, 0.2) is 34.6 Å². The predicted molar refractivity (Wildman–Crippen MR) is 54.8 cm³/mol. The SMILES string of the molecule is O/N=C(/Cl)c1cccc(/C(Cl)=N\O)c1. The van der Waals surface area contributed by atoms with Crippen LogP contribution in [0.5, 0.6) is 0 Å². The molecule has 74 valence electrons. The van der Waals surface area contributed by atoms with Gasteiger partial charge in [0.2, 0.25) is 0 Å². The predicted octanol–water partition coefficient (Wildman–Crippen LogP) is 2.44. The molecular weight excluding hydrogens is 227 g/mol. The van der Waals surface area contributed by atoms with Crippen molar-refractivity contribution >= 4 is 33.5 Å². The summed E-state index contributed by atoms with van der Waals surface area (Å²) in [4.78, 5) is 0. The fourth-order valence-electron chi connectivity index (χ4n) is 0.891. The second kappa shape index (κ2) is 4.83. The van der Waals surface area contributed by atoms with Crippen LogP contribution < -0.4 is 0 Å². The van der Waals surface area contributed by atoms with E-state index in [2.05, 4.69) is 10.3 Å². The molecule has 0 aliphatic rings. The van der Waals surface area contributed by atoms with Crippen LogP contribution >= 0.6 is 23.2 Å². The van der Waals surface area contributed by atoms with Crippen molar-refractivity contribution in [3.63, 3.8) is 0 Å². The van der Waals surface area contributed by atoms with E-state index in [0.717, 1.165) is 0 Å². The number of oxime groups is 2. The van der Waals surface area contributed by atoms with Gasteiger partial charge in [0, 0.05) is 11.1 Å². The van der Waals surface area contributed by atoms with Crippen LogP contribution in [0, 0.1) is 0 Å². The van der Waals surface area contributed by atoms with Gasteiger partial charge in [-0.05, 0) is 6.07 Å². The molecule has 14 heavy (non-hydrogen) atoms. The van der Waals surface area contributed by atoms with Gasteiger partial charge >= 0.3 is 0 Å². The van der Waals surface area contributed by atoms with Crippen LogP contribution in [0.25, 0.3) is 0 Å². The van der Waals surface area contributed by atoms with E-state index in [4.69, 9.17) is 33.6 Å². The summed E-state index contributed by atoms with van der Waals surface area (Å²) in [5, 5.41) is 22.4. The highest BCUT2D eigenvalue weighted by Crippen LogP contribution is 2.11. The summed E-state index contributed by atoms with van der Waals surface area (Å²) in [6.45, 7) is 0. The van der Waals surface area contributed by atoms with Crippen molar-refractivity contribution in [2.75, 3.05) is 0 Å². The first-order valence-corrected chi connectivity index (χ1v) is 4.30. The molecule has 0 atom stereocenters. The molecule has 0 unspecified atom stereocenters. The van der Waals surface area contributed by atoms with Crippen molar-refractivity contribution in [3.05, 3.63) is 35.4 Å². The van der Waals surface area contributed by atoms with Gasteiger partial charge in [0.05, 0.1) is 0 Å². The Balaban J connectivity index is 3.14. The highest BCUT2D eigenvalue weighted by molar-refractivity contribution is 6.70. The molecule has 0 radical (unpaired) electrons. The van der Waals surface area contributed by atoms with Crippen molar-refractivity contribution in [3.8, 4) is 0 Å². The lowest BCUT2D eigenvalue weighted by molar-refractivity contribution is 0.321. The van der Waals surface area contributed by atoms with E-state index in [1.54, 1.807) is 18.2 Å². The number of rotatable bonds is 2. The minimum Gasteiger partial charge on any atom is -0.410 e. The van der Waals surface area contributed by atoms with Crippen LogP contribution in [0.1, 0.15) is 11.1 Å². The molecule has 2 N–H and O–H groups in total. The highest BCUT2D eigenvalue weighted by Gasteiger charge is 2.04. The van der Waals surface area contributed by atoms with Gasteiger partial charge in [0.25, 0.3) is 0 Å². The zero-order chi connectivity index (χ0) is 10.6. The van der Waals surface area contributed by atoms with Gasteiger partial charge in [0.15, 0.2) is 10.3 Å². The Labute approximate surface area is 90.1 Å². The van der Waals surface area contributed by atoms with Crippen molar-refractivity contribution < 1.29 is 10.4 Å². The molecule has 1 aromatic rings. The third-order valence-corrected chi connectivity index (χ3v) is 2.10. The minimum absolute atomic E-state index is 0.0609. The molecule has 0 heterocycles. The molecule has 0 spiro atoms. The van der Waals surface area contributed by atoms with Crippen LogP contribution in [0.3, 0.4) is 0 Å². The third-order valence-electron chi connectivity index (χ3n) is 1.51. The molecule has 6 heteroatoms. The van der Waals surface area contributed by atoms with E-state index in [9.17, 15) is 0 Å². The number of nitrogens with zero attached hydrogens (tertiary/aromatic N) is 2. The summed E-state index contributed by atoms with van der Waals surface area (Å²) in [5.74, 6) is 0. The van der Waals surface area contributed by atoms with Crippen LogP contribution in [0.2, 0.25) is 0 Å². The molecule has 0 amide bonds. The summed E-state index contributed by atoms with van der Waals surface area (Å²) < 4.78 is 0. The lowest BCUT2D eigenvalue weighted by Gasteiger charge is -1.99. The molecule has 0 aromatic heterocycles. The smallest absolute Gasteiger partial charge is 0.175 e. The Morgan fingerprint density at radius 3 is 1.79 bits per heavy atom. The average Bonchev–Trinajstić information content (AvgIpc) is 2.27. The number of hydrogen-bond donors (Lipinski definition) is 2. The first-order valence-electron chi connectivity index (χ1n) is 3.55. The number of benzene rings is 1. The van der Waals surface area contributed by atoms with Crippen molar-refractivity contribution in [2.24, 2.45) is 10.3 Å². The van der Waals surface area contributed by atoms with Gasteiger partial charge in [-0.2, -0.15) is 0 Å². The zero-order valence-electron chi connectivity index (χ0n) is 6.85. The fourth-order valence-corrected chi connectivity index (χ4v) is 1.13. The zero-order valence-corrected chi connectivity index (χ0v) is 8.37. The molecule has 4 nitrogen and oxygen atoms in total. The van der Waals surface area contributed by atoms with Gasteiger partial charge in [0.1, 0.15) is 0 Å². The quantitative estimate of drug-likeness (QED) is 0.468. The lowest BCUT2D eigenvalue weighted by atomic mass is 10.1. The Hall–Kier alpha value is -1.26. The number of halogens is 2. The molecule has 0 saturated heterocycles. The van der Waals surface area contributed by atoms with Crippen LogP contribution in [-0.2, 0) is 0 Å². The number of hydrogen-bond acceptors (Lipinski definition) is 4. The maximum atomic E-state index is 8.42. The molecule has 1 aromatic carbocycles. The van der Waals surface area contributed by atoms with Gasteiger partial charge in [-0.3, -0.25) is 0 Å². The van der Waals surface area contributed by atoms with Gasteiger partial charge in [-0.1, -0.05) is 51.7 Å². The van der Waals surface area contributed by atoms with Gasteiger partial charge in [-0.15, -0.1) is 0 Å². The van der Waals surface area contributed by atoms with Crippen LogP contribution in [-0.4, -0.2) is 20.8 Å². The molecule has 1 rings (SSSR count). The van der Waals surface area contributed by atoms with E-state index in [1.165, 1.54) is 6.07 Å². The molecule has 0 aliphatic heterocycles. The van der Waals surface area contributed by atoms with Crippen LogP contribution in [0.4, 0.5) is 0 Å². The summed E-state index contributed by atoms with van der Waals surface area (Å²) in [6.07, 6.45) is 0. The Kier molecular flexibility index (Phi) is 3.73. The van der Waals surface area contributed by atoms with Crippen molar-refractivity contribution in [2.45, 2.75) is 0 Å². The fraction of sp³-hybridized carbons (Fsp3) is 0. The van der Waals surface area contributed by atoms with Gasteiger partial charge < -0.3 is 10.4 Å². The Morgan fingerprint density at radius 2 is 1.43 bits per heavy atom. The molecular formula is C8H6Cl2N2O2. The third kappa shape index (κ3) is 2.37. The maximum Gasteiger partial charge on any atom is 0.175 e. The van der Waals surface area contributed by atoms with E-state index >= 15 is 0 Å². The normalized spacial score (nSPS) is 13.0. The topological polar surface area (TPSA) is 65.2 Å². The Morgan fingerprint density at radius 1 is 1.00 bits per heavy atom. The van der Waals surface area contributed by atoms with E-state index < -0.39 is 0 Å². The first-order chi connectivity index (χ1) is 6.69. The summed E-state index contributed by atoms with van der Waals surface area (Å²) >= 11 is 11.1. The monoisotopic (exact) mass is 232 g/mol. The molecule has 0 bridgehead atoms. The average molecular weight is 233 g/mol. The molecule has 0 saturated carbocycles. The molecule has 0 aliphatic carbocycles. The first kappa shape index (κ1) is 10.8. The standard InChI is InChI=1S/C8H6Cl2N2O2/c9-7(11-13)5-2-1-3-6(4-5)8(10)12-14/h1-4,13-14H/b11-7+,12-8+. The largest absolute Gasteiger partial charge is 0.410 e. The summed E-state index contributed by atoms with van der Waals surface area (Å²) in [5.41, 5.74) is 0.960. The van der Waals surface area contributed by atoms with Crippen molar-refractivity contribution in [1.29, 1.82) is 0 Å². The van der Waals surface area contributed by atoms with E-state index in [-0.39, 0.29) is 10.3 Å². The summed E-state index contributed by atoms with van der Waals surface area (Å²) in [6, 6.07) is 6.44. The highest BCUT2D eigenvalue weighted by atomic mass is 35.5. The molecule has 0 fully saturated rings. The Bertz CT molecular complexity index is 357. The lowest BCUT2D eigenvalue weighted by Crippen LogP contribution is -1.96. The van der Waals surface area contributed by atoms with E-state index in [1.807, 2.05) is 0 Å². The second-order valence-corrected chi connectivity index (χ2v) is 3.08. The van der Waals surface area contributed by atoms with Crippen molar-refractivity contribution in [1.82, 2.24) is 0 Å². The van der Waals surface area contributed by atoms with Gasteiger partial charge in [-0.25, -0.2) is 0 Å². The second-order valence-electron chi connectivity index (χ2n) is 2.36. The maximum absolute atomic E-state index is 8.42. The van der Waals surface area contributed by atoms with E-state index in [0.29, 0.717) is 11.1 Å².